The number of sulfonamides is 1. The van der Waals surface area contributed by atoms with Crippen LogP contribution in [0.25, 0.3) is 0 Å². The van der Waals surface area contributed by atoms with E-state index in [2.05, 4.69) is 10.6 Å². The maximum atomic E-state index is 12.5. The number of benzene rings is 1. The van der Waals surface area contributed by atoms with Gasteiger partial charge in [-0.3, -0.25) is 4.79 Å². The lowest BCUT2D eigenvalue weighted by Gasteiger charge is -2.46. The van der Waals surface area contributed by atoms with Crippen molar-refractivity contribution >= 4 is 33.7 Å². The number of hydrogen-bond acceptors (Lipinski definition) is 8. The maximum Gasteiger partial charge on any atom is 0.353 e. The van der Waals surface area contributed by atoms with Gasteiger partial charge in [-0.25, -0.2) is 18.4 Å². The molecule has 7 atom stereocenters. The van der Waals surface area contributed by atoms with Gasteiger partial charge in [-0.05, 0) is 31.5 Å². The smallest absolute Gasteiger partial charge is 0.353 e. The third kappa shape index (κ3) is 5.00. The number of thioether (sulfide) groups is 1. The lowest BCUT2D eigenvalue weighted by Crippen LogP contribution is -2.63. The topological polar surface area (TPSA) is 162 Å². The summed E-state index contributed by atoms with van der Waals surface area (Å²) >= 11 is 1.51. The lowest BCUT2D eigenvalue weighted by atomic mass is 9.79. The van der Waals surface area contributed by atoms with Crippen LogP contribution in [0.3, 0.4) is 0 Å². The first kappa shape index (κ1) is 26.1. The minimum Gasteiger partial charge on any atom is -0.477 e. The van der Waals surface area contributed by atoms with Crippen molar-refractivity contribution in [2.75, 3.05) is 19.3 Å². The van der Waals surface area contributed by atoms with E-state index in [9.17, 15) is 28.2 Å². The molecule has 3 aliphatic heterocycles. The summed E-state index contributed by atoms with van der Waals surface area (Å²) in [5.74, 6) is -2.36. The Bertz CT molecular complexity index is 1140. The van der Waals surface area contributed by atoms with Crippen LogP contribution >= 0.6 is 11.8 Å². The van der Waals surface area contributed by atoms with Crippen molar-refractivity contribution in [3.05, 3.63) is 46.0 Å². The summed E-state index contributed by atoms with van der Waals surface area (Å²) in [6.07, 6.45) is -0.0448. The number of carbonyl (C=O) groups is 2. The number of nitrogens with two attached hydrogens (primary N) is 1. The number of carboxylic acid groups (broad SMARTS) is 1. The van der Waals surface area contributed by atoms with E-state index in [0.29, 0.717) is 11.4 Å². The molecule has 10 nitrogen and oxygen atoms in total. The summed E-state index contributed by atoms with van der Waals surface area (Å²) < 4.78 is 23.0. The number of fused-ring (bicyclic) bond motifs is 1. The molecule has 0 spiro atoms. The number of nitrogens with zero attached hydrogens (tertiary/aromatic N) is 1. The Hall–Kier alpha value is -1.96. The van der Waals surface area contributed by atoms with Gasteiger partial charge in [0, 0.05) is 34.7 Å². The molecule has 0 aromatic heterocycles. The second-order valence-corrected chi connectivity index (χ2v) is 12.5. The summed E-state index contributed by atoms with van der Waals surface area (Å²) in [6, 6.07) is 7.06. The second-order valence-electron chi connectivity index (χ2n) is 9.55. The molecule has 1 amide bonds. The van der Waals surface area contributed by atoms with Gasteiger partial charge in [0.2, 0.25) is 15.9 Å². The van der Waals surface area contributed by atoms with Crippen molar-refractivity contribution in [1.82, 2.24) is 15.5 Å². The highest BCUT2D eigenvalue weighted by Crippen LogP contribution is 2.52. The molecule has 0 saturated carbocycles. The van der Waals surface area contributed by atoms with E-state index < -0.39 is 34.1 Å². The summed E-state index contributed by atoms with van der Waals surface area (Å²) in [5, 5.41) is 31.6. The first-order chi connectivity index (χ1) is 16.4. The number of aliphatic carboxylic acids is 1. The van der Waals surface area contributed by atoms with E-state index >= 15 is 0 Å². The van der Waals surface area contributed by atoms with Crippen LogP contribution in [0.5, 0.6) is 0 Å². The zero-order valence-corrected chi connectivity index (χ0v) is 21.5. The van der Waals surface area contributed by atoms with E-state index in [-0.39, 0.29) is 40.6 Å². The molecule has 3 heterocycles. The molecule has 0 aliphatic carbocycles. The summed E-state index contributed by atoms with van der Waals surface area (Å²) in [6.45, 7) is 4.18. The van der Waals surface area contributed by atoms with Gasteiger partial charge in [0.15, 0.2) is 0 Å². The fraction of sp³-hybridized carbons (Fsp3) is 0.565. The van der Waals surface area contributed by atoms with E-state index in [4.69, 9.17) is 5.14 Å². The molecular weight excluding hydrogens is 492 g/mol. The second kappa shape index (κ2) is 9.83. The Kier molecular flexibility index (Phi) is 7.33. The van der Waals surface area contributed by atoms with Gasteiger partial charge in [0.05, 0.1) is 23.8 Å². The average molecular weight is 525 g/mol. The van der Waals surface area contributed by atoms with Crippen molar-refractivity contribution < 1.29 is 28.2 Å². The number of amides is 1. The van der Waals surface area contributed by atoms with Crippen molar-refractivity contribution in [3.63, 3.8) is 0 Å². The molecule has 0 radical (unpaired) electrons. The Morgan fingerprint density at radius 3 is 2.54 bits per heavy atom. The number of rotatable bonds is 9. The number of carboxylic acids is 1. The van der Waals surface area contributed by atoms with Gasteiger partial charge in [0.1, 0.15) is 5.70 Å². The highest BCUT2D eigenvalue weighted by atomic mass is 32.2. The molecule has 0 bridgehead atoms. The third-order valence-corrected chi connectivity index (χ3v) is 9.49. The molecule has 35 heavy (non-hydrogen) atoms. The third-order valence-electron chi connectivity index (χ3n) is 7.18. The van der Waals surface area contributed by atoms with Gasteiger partial charge in [-0.15, -0.1) is 11.8 Å². The first-order valence-electron chi connectivity index (χ1n) is 11.6. The van der Waals surface area contributed by atoms with E-state index in [0.717, 1.165) is 17.5 Å². The molecule has 4 rings (SSSR count). The molecule has 1 aromatic carbocycles. The molecule has 192 valence electrons. The minimum atomic E-state index is -3.62. The quantitative estimate of drug-likeness (QED) is 0.290. The summed E-state index contributed by atoms with van der Waals surface area (Å²) in [7, 11) is -1.93. The Morgan fingerprint density at radius 1 is 1.34 bits per heavy atom. The van der Waals surface area contributed by atoms with Crippen LogP contribution < -0.4 is 15.8 Å². The van der Waals surface area contributed by atoms with Crippen LogP contribution in [0, 0.1) is 11.8 Å². The number of β-lactam (4-membered cyclic amide) rings is 1. The van der Waals surface area contributed by atoms with Gasteiger partial charge in [0.25, 0.3) is 0 Å². The van der Waals surface area contributed by atoms with Crippen LogP contribution in [0.1, 0.15) is 43.5 Å². The molecule has 2 saturated heterocycles. The largest absolute Gasteiger partial charge is 0.477 e. The fourth-order valence-corrected chi connectivity index (χ4v) is 7.75. The van der Waals surface area contributed by atoms with Crippen molar-refractivity contribution in [2.45, 2.75) is 49.7 Å². The Labute approximate surface area is 209 Å². The van der Waals surface area contributed by atoms with Crippen LogP contribution in [-0.4, -0.2) is 72.1 Å². The van der Waals surface area contributed by atoms with Crippen molar-refractivity contribution in [2.24, 2.45) is 17.0 Å². The number of carbonyl (C=O) groups excluding carboxylic acids is 1. The number of hydrogen-bond donors (Lipinski definition) is 5. The van der Waals surface area contributed by atoms with Gasteiger partial charge < -0.3 is 25.7 Å². The van der Waals surface area contributed by atoms with Crippen LogP contribution in [0.4, 0.5) is 0 Å². The van der Waals surface area contributed by atoms with E-state index in [1.807, 2.05) is 31.2 Å². The van der Waals surface area contributed by atoms with Gasteiger partial charge in [-0.2, -0.15) is 0 Å². The number of nitrogens with one attached hydrogen (secondary N) is 2. The van der Waals surface area contributed by atoms with Crippen molar-refractivity contribution in [3.8, 4) is 0 Å². The predicted molar refractivity (Wildman–Crippen MR) is 133 cm³/mol. The number of aliphatic hydroxyl groups is 1. The van der Waals surface area contributed by atoms with Crippen LogP contribution in [-0.2, 0) is 19.6 Å². The van der Waals surface area contributed by atoms with Gasteiger partial charge >= 0.3 is 5.97 Å². The van der Waals surface area contributed by atoms with Crippen LogP contribution in [0.15, 0.2) is 34.9 Å². The molecular formula is C23H32N4O6S2. The monoisotopic (exact) mass is 524 g/mol. The van der Waals surface area contributed by atoms with Gasteiger partial charge in [-0.1, -0.05) is 31.2 Å². The zero-order valence-electron chi connectivity index (χ0n) is 19.8. The fourth-order valence-electron chi connectivity index (χ4n) is 5.44. The molecule has 1 aromatic rings. The normalized spacial score (nSPS) is 30.3. The molecule has 6 N–H and O–H groups in total. The summed E-state index contributed by atoms with van der Waals surface area (Å²) in [5.41, 5.74) is 1.93. The highest BCUT2D eigenvalue weighted by molar-refractivity contribution is 8.03. The van der Waals surface area contributed by atoms with E-state index in [1.165, 1.54) is 16.7 Å². The van der Waals surface area contributed by atoms with Crippen molar-refractivity contribution in [1.29, 1.82) is 0 Å². The summed E-state index contributed by atoms with van der Waals surface area (Å²) in [4.78, 5) is 26.6. The Balaban J connectivity index is 1.45. The number of aliphatic hydroxyl groups excluding tert-OH is 1. The molecule has 12 heteroatoms. The average Bonchev–Trinajstić information content (AvgIpc) is 3.33. The van der Waals surface area contributed by atoms with Crippen LogP contribution in [0.2, 0.25) is 0 Å². The maximum absolute atomic E-state index is 12.5. The molecule has 1 unspecified atom stereocenters. The highest BCUT2D eigenvalue weighted by Gasteiger charge is 2.60. The predicted octanol–water partition coefficient (Wildman–Crippen LogP) is 0.526. The minimum absolute atomic E-state index is 0.0511. The standard InChI is InChI=1S/C23H32N4O6S2/c1-11-19-18(12(2)28)22(29)27(19)20(23(30)31)21(11)34-15-8-16(26-9-15)13-4-6-14(7-5-13)17(25-3)10-35(24,32)33/h4-7,11-12,15-19,25-26,28H,8-10H2,1-3H3,(H,30,31)(H2,24,32,33)/t11-,12-,15+,16-,17?,18-,19-/m1/s1. The first-order valence-corrected chi connectivity index (χ1v) is 14.2. The number of primary sulfonamides is 1. The lowest BCUT2D eigenvalue weighted by molar-refractivity contribution is -0.163. The molecule has 2 fully saturated rings. The zero-order chi connectivity index (χ0) is 25.7. The molecule has 3 aliphatic rings. The SMILES string of the molecule is CNC(CS(N)(=O)=O)c1ccc([C@H]2C[C@H](SC3=C(C(=O)O)N4C(=O)[C@H]([C@@H](C)O)[C@H]4[C@H]3C)CN2)cc1. The van der Waals surface area contributed by atoms with E-state index in [1.54, 1.807) is 14.0 Å². The Morgan fingerprint density at radius 2 is 2.00 bits per heavy atom.